The molecule has 0 aliphatic heterocycles. The van der Waals surface area contributed by atoms with Gasteiger partial charge in [-0.05, 0) is 79.4 Å². The highest BCUT2D eigenvalue weighted by atomic mass is 16.5. The molecule has 1 fully saturated rings. The number of hydrogen-bond donors (Lipinski definition) is 0. The number of rotatable bonds is 8. The van der Waals surface area contributed by atoms with Gasteiger partial charge in [-0.15, -0.1) is 0 Å². The predicted molar refractivity (Wildman–Crippen MR) is 121 cm³/mol. The Kier molecular flexibility index (Phi) is 5.73. The van der Waals surface area contributed by atoms with E-state index >= 15 is 0 Å². The van der Waals surface area contributed by atoms with E-state index in [0.29, 0.717) is 17.7 Å². The first-order valence-corrected chi connectivity index (χ1v) is 11.2. The SMILES string of the molecule is CC(N=[N+]=[N-])C1CCc2nc(-c3ccc(Oc4cccc(OCC5CC5)c4)cc3)oc2C1. The van der Waals surface area contributed by atoms with E-state index in [1.54, 1.807) is 0 Å². The van der Waals surface area contributed by atoms with Gasteiger partial charge in [0.25, 0.3) is 0 Å². The zero-order chi connectivity index (χ0) is 21.9. The van der Waals surface area contributed by atoms with Crippen molar-refractivity contribution in [2.75, 3.05) is 6.61 Å². The molecule has 2 aliphatic rings. The predicted octanol–water partition coefficient (Wildman–Crippen LogP) is 6.73. The molecule has 0 bridgehead atoms. The van der Waals surface area contributed by atoms with Gasteiger partial charge in [-0.3, -0.25) is 0 Å². The fourth-order valence-corrected chi connectivity index (χ4v) is 4.04. The van der Waals surface area contributed by atoms with E-state index in [4.69, 9.17) is 24.4 Å². The Morgan fingerprint density at radius 3 is 2.72 bits per heavy atom. The molecule has 0 radical (unpaired) electrons. The Morgan fingerprint density at radius 2 is 1.94 bits per heavy atom. The van der Waals surface area contributed by atoms with Crippen LogP contribution in [0.2, 0.25) is 0 Å². The molecule has 1 aromatic heterocycles. The van der Waals surface area contributed by atoms with Gasteiger partial charge in [-0.1, -0.05) is 18.1 Å². The van der Waals surface area contributed by atoms with Crippen molar-refractivity contribution in [2.24, 2.45) is 17.0 Å². The van der Waals surface area contributed by atoms with Crippen molar-refractivity contribution in [3.63, 3.8) is 0 Å². The van der Waals surface area contributed by atoms with Crippen LogP contribution in [0.1, 0.15) is 37.6 Å². The molecule has 2 atom stereocenters. The van der Waals surface area contributed by atoms with E-state index < -0.39 is 0 Å². The van der Waals surface area contributed by atoms with Gasteiger partial charge in [0.1, 0.15) is 23.0 Å². The zero-order valence-corrected chi connectivity index (χ0v) is 18.1. The Bertz CT molecular complexity index is 1130. The van der Waals surface area contributed by atoms with Gasteiger partial charge in [-0.2, -0.15) is 0 Å². The van der Waals surface area contributed by atoms with Crippen molar-refractivity contribution in [3.05, 3.63) is 70.4 Å². The Morgan fingerprint density at radius 1 is 1.12 bits per heavy atom. The van der Waals surface area contributed by atoms with E-state index in [-0.39, 0.29) is 6.04 Å². The van der Waals surface area contributed by atoms with Crippen LogP contribution in [0.25, 0.3) is 21.9 Å². The van der Waals surface area contributed by atoms with Gasteiger partial charge < -0.3 is 13.9 Å². The van der Waals surface area contributed by atoms with Gasteiger partial charge in [-0.25, -0.2) is 4.98 Å². The van der Waals surface area contributed by atoms with Crippen LogP contribution in [0.4, 0.5) is 0 Å². The number of aryl methyl sites for hydroxylation is 1. The summed E-state index contributed by atoms with van der Waals surface area (Å²) < 4.78 is 17.9. The standard InChI is InChI=1S/C25H26N4O3/c1-16(28-29-26)19-9-12-23-24(13-19)32-25(27-23)18-7-10-20(11-8-18)31-22-4-2-3-21(14-22)30-15-17-5-6-17/h2-4,7-8,10-11,14,16-17,19H,5-6,9,12-13,15H2,1H3. The van der Waals surface area contributed by atoms with E-state index in [1.807, 2.05) is 55.5 Å². The maximum Gasteiger partial charge on any atom is 0.226 e. The molecule has 2 aromatic carbocycles. The number of benzene rings is 2. The molecular formula is C25H26N4O3. The fourth-order valence-electron chi connectivity index (χ4n) is 4.04. The monoisotopic (exact) mass is 430 g/mol. The second-order valence-corrected chi connectivity index (χ2v) is 8.69. The second kappa shape index (κ2) is 8.97. The average molecular weight is 431 g/mol. The molecule has 2 aliphatic carbocycles. The smallest absolute Gasteiger partial charge is 0.226 e. The number of nitrogens with zero attached hydrogens (tertiary/aromatic N) is 4. The van der Waals surface area contributed by atoms with Crippen LogP contribution in [0, 0.1) is 11.8 Å². The van der Waals surface area contributed by atoms with Gasteiger partial charge in [0.05, 0.1) is 12.3 Å². The molecule has 7 nitrogen and oxygen atoms in total. The molecule has 2 unspecified atom stereocenters. The van der Waals surface area contributed by atoms with Crippen LogP contribution < -0.4 is 9.47 Å². The van der Waals surface area contributed by atoms with E-state index in [0.717, 1.165) is 60.1 Å². The van der Waals surface area contributed by atoms with Crippen molar-refractivity contribution in [3.8, 4) is 28.7 Å². The molecule has 1 saturated carbocycles. The lowest BCUT2D eigenvalue weighted by Gasteiger charge is -2.22. The third kappa shape index (κ3) is 4.73. The third-order valence-electron chi connectivity index (χ3n) is 6.22. The van der Waals surface area contributed by atoms with Crippen LogP contribution in [0.15, 0.2) is 58.1 Å². The van der Waals surface area contributed by atoms with Crippen LogP contribution in [0.3, 0.4) is 0 Å². The highest BCUT2D eigenvalue weighted by molar-refractivity contribution is 5.55. The molecule has 1 heterocycles. The summed E-state index contributed by atoms with van der Waals surface area (Å²) in [4.78, 5) is 7.64. The van der Waals surface area contributed by atoms with E-state index in [2.05, 4.69) is 10.0 Å². The maximum atomic E-state index is 8.70. The number of fused-ring (bicyclic) bond motifs is 1. The van der Waals surface area contributed by atoms with Gasteiger partial charge in [0.2, 0.25) is 5.89 Å². The molecule has 0 spiro atoms. The molecule has 0 amide bonds. The minimum absolute atomic E-state index is 0.0456. The quantitative estimate of drug-likeness (QED) is 0.225. The van der Waals surface area contributed by atoms with Gasteiger partial charge in [0, 0.05) is 29.0 Å². The second-order valence-electron chi connectivity index (χ2n) is 8.69. The number of ether oxygens (including phenoxy) is 2. The molecular weight excluding hydrogens is 404 g/mol. The molecule has 3 aromatic rings. The van der Waals surface area contributed by atoms with Crippen LogP contribution in [-0.2, 0) is 12.8 Å². The summed E-state index contributed by atoms with van der Waals surface area (Å²) in [7, 11) is 0. The summed E-state index contributed by atoms with van der Waals surface area (Å²) in [5.41, 5.74) is 10.6. The lowest BCUT2D eigenvalue weighted by molar-refractivity contribution is 0.298. The first-order chi connectivity index (χ1) is 15.7. The fraction of sp³-hybridized carbons (Fsp3) is 0.400. The summed E-state index contributed by atoms with van der Waals surface area (Å²) in [6, 6.07) is 15.5. The Labute approximate surface area is 187 Å². The molecule has 164 valence electrons. The topological polar surface area (TPSA) is 93.3 Å². The van der Waals surface area contributed by atoms with Crippen LogP contribution in [-0.4, -0.2) is 17.6 Å². The molecule has 5 rings (SSSR count). The Balaban J connectivity index is 1.25. The molecule has 32 heavy (non-hydrogen) atoms. The molecule has 0 N–H and O–H groups in total. The molecule has 7 heteroatoms. The summed E-state index contributed by atoms with van der Waals surface area (Å²) >= 11 is 0. The van der Waals surface area contributed by atoms with E-state index in [9.17, 15) is 0 Å². The van der Waals surface area contributed by atoms with Crippen LogP contribution >= 0.6 is 0 Å². The maximum absolute atomic E-state index is 8.70. The lowest BCUT2D eigenvalue weighted by atomic mass is 9.86. The first kappa shape index (κ1) is 20.5. The summed E-state index contributed by atoms with van der Waals surface area (Å²) in [6.45, 7) is 2.74. The van der Waals surface area contributed by atoms with Crippen molar-refractivity contribution < 1.29 is 13.9 Å². The number of oxazole rings is 1. The zero-order valence-electron chi connectivity index (χ0n) is 18.1. The minimum atomic E-state index is -0.0456. The van der Waals surface area contributed by atoms with Crippen LogP contribution in [0.5, 0.6) is 17.2 Å². The van der Waals surface area contributed by atoms with Crippen molar-refractivity contribution in [1.82, 2.24) is 4.98 Å². The van der Waals surface area contributed by atoms with Gasteiger partial charge >= 0.3 is 0 Å². The highest BCUT2D eigenvalue weighted by Crippen LogP contribution is 2.34. The summed E-state index contributed by atoms with van der Waals surface area (Å²) in [5, 5.41) is 3.85. The normalized spacial score (nSPS) is 18.3. The number of azide groups is 1. The van der Waals surface area contributed by atoms with Crippen molar-refractivity contribution >= 4 is 0 Å². The largest absolute Gasteiger partial charge is 0.493 e. The minimum Gasteiger partial charge on any atom is -0.493 e. The van der Waals surface area contributed by atoms with Crippen molar-refractivity contribution in [1.29, 1.82) is 0 Å². The van der Waals surface area contributed by atoms with E-state index in [1.165, 1.54) is 12.8 Å². The number of hydrogen-bond acceptors (Lipinski definition) is 5. The summed E-state index contributed by atoms with van der Waals surface area (Å²) in [5.74, 6) is 4.86. The van der Waals surface area contributed by atoms with Crippen molar-refractivity contribution in [2.45, 2.75) is 45.1 Å². The Hall–Kier alpha value is -3.44. The van der Waals surface area contributed by atoms with Gasteiger partial charge in [0.15, 0.2) is 0 Å². The highest BCUT2D eigenvalue weighted by Gasteiger charge is 2.27. The summed E-state index contributed by atoms with van der Waals surface area (Å²) in [6.07, 6.45) is 5.09. The first-order valence-electron chi connectivity index (χ1n) is 11.2. The molecule has 0 saturated heterocycles. The third-order valence-corrected chi connectivity index (χ3v) is 6.22. The average Bonchev–Trinajstić information content (AvgIpc) is 3.55. The lowest BCUT2D eigenvalue weighted by Crippen LogP contribution is -2.22. The number of aromatic nitrogens is 1.